The molecule has 0 radical (unpaired) electrons. The summed E-state index contributed by atoms with van der Waals surface area (Å²) in [6, 6.07) is 0. The first kappa shape index (κ1) is 24.9. The first-order chi connectivity index (χ1) is 11.5. The van der Waals surface area contributed by atoms with Crippen molar-refractivity contribution >= 4 is 11.9 Å². The van der Waals surface area contributed by atoms with E-state index in [9.17, 15) is 4.79 Å². The molecule has 4 nitrogen and oxygen atoms in total. The van der Waals surface area contributed by atoms with Crippen LogP contribution in [-0.2, 0) is 9.59 Å². The number of unbranched alkanes of at least 4 members (excludes halogenated alkanes) is 11. The second-order valence-electron chi connectivity index (χ2n) is 6.22. The number of carbonyl (C=O) groups is 2. The van der Waals surface area contributed by atoms with E-state index >= 15 is 0 Å². The van der Waals surface area contributed by atoms with Gasteiger partial charge in [0.1, 0.15) is 0 Å². The lowest BCUT2D eigenvalue weighted by Gasteiger charge is -2.02. The highest BCUT2D eigenvalue weighted by Gasteiger charge is 1.96. The van der Waals surface area contributed by atoms with E-state index in [-0.39, 0.29) is 0 Å². The fourth-order valence-electron chi connectivity index (χ4n) is 2.41. The molecule has 0 aromatic heterocycles. The fourth-order valence-corrected chi connectivity index (χ4v) is 2.41. The molecule has 0 fully saturated rings. The Kier molecular flexibility index (Phi) is 22.5. The standard InChI is InChI=1S/C18H34O2.C2H4O2/c1-2-3-4-5-6-7-8-9-10-11-12-13-14-15-16-17-18(19)20;1-2(3)4/h3-4H,2,5-17H2,1H3,(H,19,20);1H3,(H,3,4)/b4-3-;. The number of carboxylic acids is 2. The minimum absolute atomic E-state index is 0.341. The largest absolute Gasteiger partial charge is 0.481 e. The van der Waals surface area contributed by atoms with Crippen LogP contribution < -0.4 is 0 Å². The summed E-state index contributed by atoms with van der Waals surface area (Å²) >= 11 is 0. The zero-order valence-corrected chi connectivity index (χ0v) is 15.8. The third-order valence-corrected chi connectivity index (χ3v) is 3.66. The van der Waals surface area contributed by atoms with Crippen molar-refractivity contribution < 1.29 is 19.8 Å². The molecule has 0 atom stereocenters. The summed E-state index contributed by atoms with van der Waals surface area (Å²) in [6.45, 7) is 3.27. The quantitative estimate of drug-likeness (QED) is 0.274. The van der Waals surface area contributed by atoms with Gasteiger partial charge in [0.25, 0.3) is 5.97 Å². The van der Waals surface area contributed by atoms with E-state index in [2.05, 4.69) is 19.1 Å². The average molecular weight is 343 g/mol. The van der Waals surface area contributed by atoms with Gasteiger partial charge < -0.3 is 10.2 Å². The summed E-state index contributed by atoms with van der Waals surface area (Å²) in [5, 5.41) is 15.9. The molecular formula is C20H38O4. The zero-order chi connectivity index (χ0) is 18.5. The summed E-state index contributed by atoms with van der Waals surface area (Å²) < 4.78 is 0. The van der Waals surface area contributed by atoms with Gasteiger partial charge in [-0.15, -0.1) is 0 Å². The van der Waals surface area contributed by atoms with E-state index in [0.717, 1.165) is 26.2 Å². The summed E-state index contributed by atoms with van der Waals surface area (Å²) in [7, 11) is 0. The van der Waals surface area contributed by atoms with Crippen LogP contribution in [0.25, 0.3) is 0 Å². The summed E-state index contributed by atoms with van der Waals surface area (Å²) in [5.74, 6) is -1.49. The van der Waals surface area contributed by atoms with Crippen LogP contribution in [0.1, 0.15) is 104 Å². The summed E-state index contributed by atoms with van der Waals surface area (Å²) in [6.07, 6.45) is 21.3. The van der Waals surface area contributed by atoms with E-state index in [0.29, 0.717) is 6.42 Å². The smallest absolute Gasteiger partial charge is 0.303 e. The van der Waals surface area contributed by atoms with Gasteiger partial charge in [-0.2, -0.15) is 0 Å². The molecule has 4 heteroatoms. The molecule has 0 aliphatic heterocycles. The van der Waals surface area contributed by atoms with Gasteiger partial charge in [-0.05, 0) is 25.7 Å². The van der Waals surface area contributed by atoms with Crippen molar-refractivity contribution in [2.24, 2.45) is 0 Å². The first-order valence-electron chi connectivity index (χ1n) is 9.57. The van der Waals surface area contributed by atoms with E-state index in [1.54, 1.807) is 0 Å². The molecule has 0 saturated heterocycles. The molecule has 0 aromatic rings. The summed E-state index contributed by atoms with van der Waals surface area (Å²) in [5.41, 5.74) is 0. The maximum atomic E-state index is 10.3. The van der Waals surface area contributed by atoms with Crippen LogP contribution in [0.3, 0.4) is 0 Å². The minimum atomic E-state index is -0.833. The van der Waals surface area contributed by atoms with E-state index < -0.39 is 11.9 Å². The van der Waals surface area contributed by atoms with Gasteiger partial charge in [0.05, 0.1) is 0 Å². The van der Waals surface area contributed by atoms with Gasteiger partial charge >= 0.3 is 5.97 Å². The number of rotatable bonds is 15. The van der Waals surface area contributed by atoms with Crippen molar-refractivity contribution in [2.75, 3.05) is 0 Å². The van der Waals surface area contributed by atoms with E-state index in [1.807, 2.05) is 0 Å². The van der Waals surface area contributed by atoms with Crippen molar-refractivity contribution in [3.63, 3.8) is 0 Å². The molecule has 0 unspecified atom stereocenters. The molecule has 0 heterocycles. The molecule has 0 aromatic carbocycles. The Bertz CT molecular complexity index is 307. The number of aliphatic carboxylic acids is 2. The topological polar surface area (TPSA) is 74.6 Å². The molecule has 0 amide bonds. The Morgan fingerprint density at radius 2 is 1.08 bits per heavy atom. The highest BCUT2D eigenvalue weighted by atomic mass is 16.4. The minimum Gasteiger partial charge on any atom is -0.481 e. The monoisotopic (exact) mass is 342 g/mol. The lowest BCUT2D eigenvalue weighted by molar-refractivity contribution is -0.137. The number of hydrogen-bond donors (Lipinski definition) is 2. The third kappa shape index (κ3) is 32.6. The highest BCUT2D eigenvalue weighted by molar-refractivity contribution is 5.66. The maximum absolute atomic E-state index is 10.3. The van der Waals surface area contributed by atoms with Crippen molar-refractivity contribution in [2.45, 2.75) is 104 Å². The van der Waals surface area contributed by atoms with Gasteiger partial charge in [-0.25, -0.2) is 0 Å². The van der Waals surface area contributed by atoms with Crippen LogP contribution in [0.5, 0.6) is 0 Å². The molecule has 0 saturated carbocycles. The predicted octanol–water partition coefficient (Wildman–Crippen LogP) is 6.20. The molecule has 142 valence electrons. The molecule has 0 bridgehead atoms. The van der Waals surface area contributed by atoms with Crippen LogP contribution in [-0.4, -0.2) is 22.2 Å². The van der Waals surface area contributed by atoms with Crippen LogP contribution in [0.15, 0.2) is 12.2 Å². The molecule has 0 rings (SSSR count). The van der Waals surface area contributed by atoms with Crippen molar-refractivity contribution in [3.05, 3.63) is 12.2 Å². The van der Waals surface area contributed by atoms with Crippen LogP contribution in [0.4, 0.5) is 0 Å². The van der Waals surface area contributed by atoms with Gasteiger partial charge in [0, 0.05) is 13.3 Å². The Hall–Kier alpha value is -1.32. The second-order valence-corrected chi connectivity index (χ2v) is 6.22. The van der Waals surface area contributed by atoms with Crippen LogP contribution in [0.2, 0.25) is 0 Å². The van der Waals surface area contributed by atoms with Crippen molar-refractivity contribution in [3.8, 4) is 0 Å². The fraction of sp³-hybridized carbons (Fsp3) is 0.800. The van der Waals surface area contributed by atoms with Gasteiger partial charge in [0.2, 0.25) is 0 Å². The van der Waals surface area contributed by atoms with Gasteiger partial charge in [-0.1, -0.05) is 76.9 Å². The number of carboxylic acid groups (broad SMARTS) is 2. The maximum Gasteiger partial charge on any atom is 0.303 e. The molecular weight excluding hydrogens is 304 g/mol. The van der Waals surface area contributed by atoms with E-state index in [1.165, 1.54) is 64.2 Å². The number of allylic oxidation sites excluding steroid dienone is 2. The Labute approximate surface area is 148 Å². The van der Waals surface area contributed by atoms with E-state index in [4.69, 9.17) is 15.0 Å². The second kappa shape index (κ2) is 21.7. The predicted molar refractivity (Wildman–Crippen MR) is 100 cm³/mol. The third-order valence-electron chi connectivity index (χ3n) is 3.66. The molecule has 0 aliphatic carbocycles. The van der Waals surface area contributed by atoms with Crippen molar-refractivity contribution in [1.82, 2.24) is 0 Å². The normalized spacial score (nSPS) is 10.4. The molecule has 0 spiro atoms. The van der Waals surface area contributed by atoms with Crippen LogP contribution >= 0.6 is 0 Å². The van der Waals surface area contributed by atoms with Crippen LogP contribution in [0, 0.1) is 0 Å². The summed E-state index contributed by atoms with van der Waals surface area (Å²) in [4.78, 5) is 19.3. The Morgan fingerprint density at radius 1 is 0.708 bits per heavy atom. The lowest BCUT2D eigenvalue weighted by Crippen LogP contribution is -1.93. The molecule has 2 N–H and O–H groups in total. The molecule has 0 aliphatic rings. The Balaban J connectivity index is 0. The highest BCUT2D eigenvalue weighted by Crippen LogP contribution is 2.12. The molecule has 24 heavy (non-hydrogen) atoms. The first-order valence-corrected chi connectivity index (χ1v) is 9.57. The van der Waals surface area contributed by atoms with Gasteiger partial charge in [-0.3, -0.25) is 9.59 Å². The lowest BCUT2D eigenvalue weighted by atomic mass is 10.0. The SMILES string of the molecule is CC(=O)O.CC/C=C\CCCCCCCCCCCCCC(=O)O. The zero-order valence-electron chi connectivity index (χ0n) is 15.8. The Morgan fingerprint density at radius 3 is 1.46 bits per heavy atom. The number of hydrogen-bond acceptors (Lipinski definition) is 2. The average Bonchev–Trinajstić information content (AvgIpc) is 2.50. The van der Waals surface area contributed by atoms with Crippen molar-refractivity contribution in [1.29, 1.82) is 0 Å². The van der Waals surface area contributed by atoms with Gasteiger partial charge in [0.15, 0.2) is 0 Å².